The number of hydrogen-bond acceptors (Lipinski definition) is 6. The second-order valence-electron chi connectivity index (χ2n) is 4.50. The number of esters is 3. The molecule has 0 saturated heterocycles. The van der Waals surface area contributed by atoms with E-state index in [1.54, 1.807) is 0 Å². The zero-order valence-corrected chi connectivity index (χ0v) is 12.8. The van der Waals surface area contributed by atoms with Crippen LogP contribution in [0.5, 0.6) is 0 Å². The van der Waals surface area contributed by atoms with Gasteiger partial charge in [-0.15, -0.1) is 0 Å². The van der Waals surface area contributed by atoms with Crippen LogP contribution in [0.4, 0.5) is 0 Å². The number of ether oxygens (including phenoxy) is 3. The Hall–Kier alpha value is -1.85. The molecule has 0 radical (unpaired) electrons. The molecule has 6 nitrogen and oxygen atoms in total. The smallest absolute Gasteiger partial charge is 0.344 e. The Morgan fingerprint density at radius 2 is 1.43 bits per heavy atom. The molecular formula is C15H24O6. The summed E-state index contributed by atoms with van der Waals surface area (Å²) >= 11 is 0. The van der Waals surface area contributed by atoms with Crippen molar-refractivity contribution in [3.8, 4) is 0 Å². The zero-order chi connectivity index (χ0) is 16.1. The lowest BCUT2D eigenvalue weighted by molar-refractivity contribution is -0.158. The van der Waals surface area contributed by atoms with Crippen LogP contribution in [0.15, 0.2) is 12.2 Å². The molecule has 120 valence electrons. The molecule has 6 heteroatoms. The standard InChI is InChI=1S/C15H24O6/c1-4-6-8-19-14(17)11-21-13(16)10-12(3)15(18)20-9-7-5-2/h3-11H2,1-2H3. The van der Waals surface area contributed by atoms with Crippen LogP contribution in [0.3, 0.4) is 0 Å². The van der Waals surface area contributed by atoms with Crippen LogP contribution in [-0.2, 0) is 28.6 Å². The molecular weight excluding hydrogens is 276 g/mol. The van der Waals surface area contributed by atoms with Crippen molar-refractivity contribution in [3.63, 3.8) is 0 Å². The minimum absolute atomic E-state index is 0.00968. The van der Waals surface area contributed by atoms with Crippen molar-refractivity contribution in [2.75, 3.05) is 19.8 Å². The van der Waals surface area contributed by atoms with Crippen LogP contribution in [0, 0.1) is 0 Å². The summed E-state index contributed by atoms with van der Waals surface area (Å²) in [7, 11) is 0. The minimum atomic E-state index is -0.708. The van der Waals surface area contributed by atoms with E-state index in [0.717, 1.165) is 25.7 Å². The van der Waals surface area contributed by atoms with Crippen molar-refractivity contribution < 1.29 is 28.6 Å². The SMILES string of the molecule is C=C(CC(=O)OCC(=O)OCCCC)C(=O)OCCCC. The van der Waals surface area contributed by atoms with Crippen molar-refractivity contribution in [2.24, 2.45) is 0 Å². The van der Waals surface area contributed by atoms with Gasteiger partial charge >= 0.3 is 17.9 Å². The molecule has 0 amide bonds. The average molecular weight is 300 g/mol. The predicted molar refractivity (Wildman–Crippen MR) is 76.5 cm³/mol. The fourth-order valence-electron chi connectivity index (χ4n) is 1.22. The number of hydrogen-bond donors (Lipinski definition) is 0. The topological polar surface area (TPSA) is 78.9 Å². The molecule has 0 spiro atoms. The second kappa shape index (κ2) is 11.9. The summed E-state index contributed by atoms with van der Waals surface area (Å²) < 4.78 is 14.4. The van der Waals surface area contributed by atoms with Gasteiger partial charge in [0.25, 0.3) is 0 Å². The fourth-order valence-corrected chi connectivity index (χ4v) is 1.22. The van der Waals surface area contributed by atoms with Crippen LogP contribution >= 0.6 is 0 Å². The molecule has 21 heavy (non-hydrogen) atoms. The Kier molecular flexibility index (Phi) is 10.9. The van der Waals surface area contributed by atoms with Crippen molar-refractivity contribution >= 4 is 17.9 Å². The summed E-state index contributed by atoms with van der Waals surface area (Å²) in [5.41, 5.74) is 0.00968. The summed E-state index contributed by atoms with van der Waals surface area (Å²) in [5.74, 6) is -1.93. The Labute approximate surface area is 125 Å². The first-order valence-corrected chi connectivity index (χ1v) is 7.17. The maximum absolute atomic E-state index is 11.4. The number of unbranched alkanes of at least 4 members (excludes halogenated alkanes) is 2. The highest BCUT2D eigenvalue weighted by Crippen LogP contribution is 2.04. The largest absolute Gasteiger partial charge is 0.463 e. The number of rotatable bonds is 11. The monoisotopic (exact) mass is 300 g/mol. The Morgan fingerprint density at radius 3 is 2.00 bits per heavy atom. The van der Waals surface area contributed by atoms with Crippen LogP contribution in [0.1, 0.15) is 46.0 Å². The summed E-state index contributed by atoms with van der Waals surface area (Å²) in [4.78, 5) is 34.1. The zero-order valence-electron chi connectivity index (χ0n) is 12.8. The molecule has 0 heterocycles. The van der Waals surface area contributed by atoms with Gasteiger partial charge in [0.15, 0.2) is 6.61 Å². The fraction of sp³-hybridized carbons (Fsp3) is 0.667. The van der Waals surface area contributed by atoms with Crippen LogP contribution < -0.4 is 0 Å². The van der Waals surface area contributed by atoms with E-state index in [1.807, 2.05) is 13.8 Å². The molecule has 0 aromatic heterocycles. The Morgan fingerprint density at radius 1 is 0.857 bits per heavy atom. The van der Waals surface area contributed by atoms with Gasteiger partial charge in [0, 0.05) is 5.57 Å². The van der Waals surface area contributed by atoms with Gasteiger partial charge in [0.2, 0.25) is 0 Å². The first-order valence-electron chi connectivity index (χ1n) is 7.17. The van der Waals surface area contributed by atoms with Crippen molar-refractivity contribution in [1.29, 1.82) is 0 Å². The summed E-state index contributed by atoms with van der Waals surface area (Å²) in [6.45, 7) is 7.56. The molecule has 0 aliphatic rings. The normalized spacial score (nSPS) is 9.81. The van der Waals surface area contributed by atoms with E-state index in [1.165, 1.54) is 0 Å². The van der Waals surface area contributed by atoms with Crippen molar-refractivity contribution in [3.05, 3.63) is 12.2 Å². The molecule has 0 aliphatic carbocycles. The highest BCUT2D eigenvalue weighted by molar-refractivity contribution is 5.93. The highest BCUT2D eigenvalue weighted by Gasteiger charge is 2.15. The molecule has 0 aromatic carbocycles. The van der Waals surface area contributed by atoms with E-state index in [2.05, 4.69) is 6.58 Å². The molecule has 0 aliphatic heterocycles. The van der Waals surface area contributed by atoms with E-state index in [0.29, 0.717) is 13.2 Å². The Balaban J connectivity index is 3.84. The van der Waals surface area contributed by atoms with E-state index in [-0.39, 0.29) is 12.0 Å². The molecule has 0 N–H and O–H groups in total. The van der Waals surface area contributed by atoms with Crippen LogP contribution in [0.2, 0.25) is 0 Å². The first kappa shape index (κ1) is 19.1. The first-order chi connectivity index (χ1) is 10.0. The van der Waals surface area contributed by atoms with Gasteiger partial charge in [-0.05, 0) is 12.8 Å². The maximum Gasteiger partial charge on any atom is 0.344 e. The summed E-state index contributed by atoms with van der Waals surface area (Å²) in [6.07, 6.45) is 3.04. The third-order valence-electron chi connectivity index (χ3n) is 2.49. The van der Waals surface area contributed by atoms with Crippen LogP contribution in [0.25, 0.3) is 0 Å². The number of carbonyl (C=O) groups is 3. The molecule has 0 aromatic rings. The lowest BCUT2D eigenvalue weighted by Gasteiger charge is -2.07. The van der Waals surface area contributed by atoms with E-state index < -0.39 is 24.5 Å². The highest BCUT2D eigenvalue weighted by atomic mass is 16.6. The molecule has 0 fully saturated rings. The quantitative estimate of drug-likeness (QED) is 0.252. The average Bonchev–Trinajstić information content (AvgIpc) is 2.45. The van der Waals surface area contributed by atoms with Crippen molar-refractivity contribution in [2.45, 2.75) is 46.0 Å². The maximum atomic E-state index is 11.4. The third kappa shape index (κ3) is 10.6. The van der Waals surface area contributed by atoms with Gasteiger partial charge in [-0.1, -0.05) is 33.3 Å². The van der Waals surface area contributed by atoms with Gasteiger partial charge in [-0.3, -0.25) is 4.79 Å². The Bertz CT molecular complexity index is 361. The van der Waals surface area contributed by atoms with Gasteiger partial charge < -0.3 is 14.2 Å². The molecule has 0 atom stereocenters. The van der Waals surface area contributed by atoms with Crippen LogP contribution in [-0.4, -0.2) is 37.7 Å². The molecule has 0 saturated carbocycles. The van der Waals surface area contributed by atoms with Gasteiger partial charge in [-0.25, -0.2) is 9.59 Å². The van der Waals surface area contributed by atoms with E-state index in [9.17, 15) is 14.4 Å². The lowest BCUT2D eigenvalue weighted by atomic mass is 10.2. The predicted octanol–water partition coefficient (Wildman–Crippen LogP) is 2.16. The van der Waals surface area contributed by atoms with Crippen molar-refractivity contribution in [1.82, 2.24) is 0 Å². The molecule has 0 unspecified atom stereocenters. The van der Waals surface area contributed by atoms with E-state index >= 15 is 0 Å². The lowest BCUT2D eigenvalue weighted by Crippen LogP contribution is -2.19. The summed E-state index contributed by atoms with van der Waals surface area (Å²) in [5, 5.41) is 0. The molecule has 0 rings (SSSR count). The summed E-state index contributed by atoms with van der Waals surface area (Å²) in [6, 6.07) is 0. The van der Waals surface area contributed by atoms with E-state index in [4.69, 9.17) is 14.2 Å². The number of carbonyl (C=O) groups excluding carboxylic acids is 3. The van der Waals surface area contributed by atoms with Gasteiger partial charge in [0.05, 0.1) is 19.6 Å². The minimum Gasteiger partial charge on any atom is -0.463 e. The van der Waals surface area contributed by atoms with Gasteiger partial charge in [0.1, 0.15) is 0 Å². The third-order valence-corrected chi connectivity index (χ3v) is 2.49. The van der Waals surface area contributed by atoms with Gasteiger partial charge in [-0.2, -0.15) is 0 Å². The molecule has 0 bridgehead atoms. The second-order valence-corrected chi connectivity index (χ2v) is 4.50.